The average Bonchev–Trinajstić information content (AvgIpc) is 3.48. The van der Waals surface area contributed by atoms with E-state index in [-0.39, 0.29) is 25.2 Å². The normalized spacial score (nSPS) is 32.9. The van der Waals surface area contributed by atoms with Crippen molar-refractivity contribution < 1.29 is 38.1 Å². The number of rotatable bonds is 6. The molecule has 8 aliphatic rings. The maximum atomic E-state index is 13.6. The van der Waals surface area contributed by atoms with Crippen LogP contribution in [0.3, 0.4) is 0 Å². The van der Waals surface area contributed by atoms with E-state index >= 15 is 0 Å². The fraction of sp³-hybridized carbons (Fsp3) is 0.579. The SMILES string of the molecule is CC1(C)[C@@]2(C)CC[C@]1(C(=O)OCc1cc3ccc1CCc1ccc(c(COC(=O)[C@@]45CC[C@@](C)(C(=O)O4)C5(C)C)c1)CC3)OC2=O. The minimum Gasteiger partial charge on any atom is -0.458 e. The van der Waals surface area contributed by atoms with Crippen molar-refractivity contribution in [3.8, 4) is 0 Å². The summed E-state index contributed by atoms with van der Waals surface area (Å²) in [6.07, 6.45) is 5.15. The first-order chi connectivity index (χ1) is 21.6. The zero-order valence-electron chi connectivity index (χ0n) is 27.8. The van der Waals surface area contributed by atoms with E-state index in [9.17, 15) is 19.2 Å². The van der Waals surface area contributed by atoms with Crippen molar-refractivity contribution in [1.29, 1.82) is 0 Å². The highest BCUT2D eigenvalue weighted by molar-refractivity contribution is 5.94. The van der Waals surface area contributed by atoms with Crippen LogP contribution in [0.2, 0.25) is 0 Å². The zero-order valence-corrected chi connectivity index (χ0v) is 27.8. The number of hydrogen-bond donors (Lipinski definition) is 0. The molecule has 2 heterocycles. The van der Waals surface area contributed by atoms with E-state index in [1.54, 1.807) is 0 Å². The van der Waals surface area contributed by atoms with Crippen molar-refractivity contribution in [3.63, 3.8) is 0 Å². The van der Waals surface area contributed by atoms with Crippen molar-refractivity contribution in [2.24, 2.45) is 21.7 Å². The number of carbonyl (C=O) groups excluding carboxylic acids is 4. The quantitative estimate of drug-likeness (QED) is 0.288. The molecule has 8 bridgehead atoms. The lowest BCUT2D eigenvalue weighted by molar-refractivity contribution is -0.184. The minimum atomic E-state index is -1.25. The molecule has 6 aliphatic carbocycles. The predicted molar refractivity (Wildman–Crippen MR) is 167 cm³/mol. The van der Waals surface area contributed by atoms with E-state index in [0.29, 0.717) is 25.7 Å². The standard InChI is InChI=1S/C38H44O8/c1-33(2)35(5)15-17-37(33,45-29(35)39)31(41)43-21-27-19-23-7-11-25(27)13-9-24-8-12-26(14-10-23)28(20-24)22-44-32(42)38-18-16-36(6,30(40)46-38)34(38,3)4/h7-8,11-12,19-20H,9-10,13-18,21-22H2,1-6H3/t35-,36-,37+,38+/m0/s1. The Bertz CT molecular complexity index is 1560. The molecular formula is C38H44O8. The lowest BCUT2D eigenvalue weighted by Gasteiger charge is -2.34. The van der Waals surface area contributed by atoms with Crippen molar-refractivity contribution >= 4 is 23.9 Å². The third-order valence-corrected chi connectivity index (χ3v) is 13.5. The van der Waals surface area contributed by atoms with Gasteiger partial charge in [0.2, 0.25) is 11.2 Å². The maximum absolute atomic E-state index is 13.6. The van der Waals surface area contributed by atoms with Crippen molar-refractivity contribution in [2.75, 3.05) is 0 Å². The summed E-state index contributed by atoms with van der Waals surface area (Å²) < 4.78 is 23.4. The van der Waals surface area contributed by atoms with Gasteiger partial charge in [0.1, 0.15) is 13.2 Å². The van der Waals surface area contributed by atoms with E-state index in [4.69, 9.17) is 18.9 Å². The molecular weight excluding hydrogens is 584 g/mol. The molecule has 2 saturated heterocycles. The molecule has 4 atom stereocenters. The van der Waals surface area contributed by atoms with Crippen LogP contribution in [0.5, 0.6) is 0 Å². The summed E-state index contributed by atoms with van der Waals surface area (Å²) in [5.74, 6) is -1.55. The summed E-state index contributed by atoms with van der Waals surface area (Å²) >= 11 is 0. The van der Waals surface area contributed by atoms with Crippen LogP contribution >= 0.6 is 0 Å². The lowest BCUT2D eigenvalue weighted by Crippen LogP contribution is -2.48. The van der Waals surface area contributed by atoms with E-state index in [1.165, 1.54) is 0 Å². The Morgan fingerprint density at radius 3 is 1.33 bits per heavy atom. The first-order valence-electron chi connectivity index (χ1n) is 16.6. The van der Waals surface area contributed by atoms with Gasteiger partial charge in [-0.15, -0.1) is 0 Å². The van der Waals surface area contributed by atoms with Gasteiger partial charge < -0.3 is 18.9 Å². The fourth-order valence-electron chi connectivity index (χ4n) is 8.91. The highest BCUT2D eigenvalue weighted by Gasteiger charge is 2.77. The number of carbonyl (C=O) groups is 4. The molecule has 4 fully saturated rings. The van der Waals surface area contributed by atoms with Gasteiger partial charge in [0, 0.05) is 10.8 Å². The zero-order chi connectivity index (χ0) is 32.9. The first kappa shape index (κ1) is 30.9. The summed E-state index contributed by atoms with van der Waals surface area (Å²) in [7, 11) is 0. The average molecular weight is 629 g/mol. The highest BCUT2D eigenvalue weighted by Crippen LogP contribution is 2.67. The molecule has 2 aliphatic heterocycles. The van der Waals surface area contributed by atoms with Gasteiger partial charge in [0.15, 0.2) is 0 Å². The summed E-state index contributed by atoms with van der Waals surface area (Å²) in [6.45, 7) is 11.8. The number of ether oxygens (including phenoxy) is 4. The fourth-order valence-corrected chi connectivity index (χ4v) is 8.91. The molecule has 46 heavy (non-hydrogen) atoms. The molecule has 0 aromatic heterocycles. The van der Waals surface area contributed by atoms with Crippen LogP contribution in [0.25, 0.3) is 0 Å². The van der Waals surface area contributed by atoms with Gasteiger partial charge in [-0.05, 0) is 98.6 Å². The topological polar surface area (TPSA) is 105 Å². The van der Waals surface area contributed by atoms with Crippen LogP contribution in [0.15, 0.2) is 36.4 Å². The summed E-state index contributed by atoms with van der Waals surface area (Å²) in [4.78, 5) is 52.5. The Kier molecular flexibility index (Phi) is 6.67. The molecule has 8 nitrogen and oxygen atoms in total. The maximum Gasteiger partial charge on any atom is 0.351 e. The van der Waals surface area contributed by atoms with Crippen LogP contribution < -0.4 is 0 Å². The van der Waals surface area contributed by atoms with Crippen LogP contribution in [-0.2, 0) is 77.0 Å². The number of fused-ring (bicyclic) bond motifs is 4. The summed E-state index contributed by atoms with van der Waals surface area (Å²) in [6, 6.07) is 12.7. The third kappa shape index (κ3) is 3.91. The molecule has 0 unspecified atom stereocenters. The Morgan fingerprint density at radius 2 is 1.00 bits per heavy atom. The molecule has 2 aromatic carbocycles. The predicted octanol–water partition coefficient (Wildman–Crippen LogP) is 5.90. The van der Waals surface area contributed by atoms with Gasteiger partial charge in [0.25, 0.3) is 0 Å². The number of benzene rings is 2. The smallest absolute Gasteiger partial charge is 0.351 e. The number of hydrogen-bond acceptors (Lipinski definition) is 8. The van der Waals surface area contributed by atoms with Crippen LogP contribution in [0, 0.1) is 21.7 Å². The number of aryl methyl sites for hydroxylation is 4. The van der Waals surface area contributed by atoms with Gasteiger partial charge in [-0.25, -0.2) is 9.59 Å². The Labute approximate surface area is 270 Å². The largest absolute Gasteiger partial charge is 0.458 e. The van der Waals surface area contributed by atoms with Gasteiger partial charge in [-0.3, -0.25) is 9.59 Å². The van der Waals surface area contributed by atoms with E-state index in [2.05, 4.69) is 36.4 Å². The van der Waals surface area contributed by atoms with Crippen molar-refractivity contribution in [3.05, 3.63) is 69.8 Å². The van der Waals surface area contributed by atoms with Gasteiger partial charge in [-0.2, -0.15) is 0 Å². The molecule has 10 rings (SSSR count). The summed E-state index contributed by atoms with van der Waals surface area (Å²) in [5, 5.41) is 0. The van der Waals surface area contributed by atoms with Gasteiger partial charge in [0.05, 0.1) is 10.8 Å². The van der Waals surface area contributed by atoms with Crippen molar-refractivity contribution in [2.45, 2.75) is 117 Å². The second-order valence-electron chi connectivity index (χ2n) is 15.7. The highest BCUT2D eigenvalue weighted by atomic mass is 16.6. The lowest BCUT2D eigenvalue weighted by atomic mass is 9.66. The van der Waals surface area contributed by atoms with Crippen LogP contribution in [0.1, 0.15) is 101 Å². The molecule has 244 valence electrons. The molecule has 2 aromatic rings. The molecule has 8 heteroatoms. The minimum absolute atomic E-state index is 0.120. The summed E-state index contributed by atoms with van der Waals surface area (Å²) in [5.41, 5.74) is 1.19. The van der Waals surface area contributed by atoms with Gasteiger partial charge >= 0.3 is 23.9 Å². The monoisotopic (exact) mass is 628 g/mol. The first-order valence-corrected chi connectivity index (χ1v) is 16.6. The van der Waals surface area contributed by atoms with Crippen LogP contribution in [-0.4, -0.2) is 35.1 Å². The molecule has 2 saturated carbocycles. The van der Waals surface area contributed by atoms with E-state index < -0.39 is 44.8 Å². The Morgan fingerprint density at radius 1 is 0.609 bits per heavy atom. The molecule has 0 spiro atoms. The second-order valence-corrected chi connectivity index (χ2v) is 15.7. The second kappa shape index (κ2) is 9.91. The van der Waals surface area contributed by atoms with Crippen molar-refractivity contribution in [1.82, 2.24) is 0 Å². The molecule has 0 radical (unpaired) electrons. The van der Waals surface area contributed by atoms with E-state index in [1.807, 2.05) is 41.5 Å². The Hall–Kier alpha value is -3.68. The van der Waals surface area contributed by atoms with E-state index in [0.717, 1.165) is 59.1 Å². The Balaban J connectivity index is 1.06. The van der Waals surface area contributed by atoms with Crippen LogP contribution in [0.4, 0.5) is 0 Å². The molecule has 0 N–H and O–H groups in total. The third-order valence-electron chi connectivity index (χ3n) is 13.5. The molecule has 0 amide bonds. The van der Waals surface area contributed by atoms with Gasteiger partial charge in [-0.1, -0.05) is 64.1 Å². The number of esters is 4.